The lowest BCUT2D eigenvalue weighted by Gasteiger charge is -2.24. The summed E-state index contributed by atoms with van der Waals surface area (Å²) in [5, 5.41) is 9.41. The molecular weight excluding hydrogens is 450 g/mol. The molecule has 8 heteroatoms. The first-order valence-electron chi connectivity index (χ1n) is 8.82. The first-order chi connectivity index (χ1) is 14.3. The Bertz CT molecular complexity index is 1330. The van der Waals surface area contributed by atoms with Gasteiger partial charge < -0.3 is 15.0 Å². The first-order valence-corrected chi connectivity index (χ1v) is 9.62. The van der Waals surface area contributed by atoms with Crippen LogP contribution in [0.15, 0.2) is 41.0 Å². The number of ketones is 2. The zero-order valence-electron chi connectivity index (χ0n) is 15.9. The summed E-state index contributed by atoms with van der Waals surface area (Å²) in [5.41, 5.74) is 7.75. The Morgan fingerprint density at radius 2 is 1.77 bits per heavy atom. The summed E-state index contributed by atoms with van der Waals surface area (Å²) in [5.74, 6) is -1.44. The summed E-state index contributed by atoms with van der Waals surface area (Å²) < 4.78 is 6.66. The Hall–Kier alpha value is -3.70. The zero-order chi connectivity index (χ0) is 21.7. The summed E-state index contributed by atoms with van der Waals surface area (Å²) >= 11 is 3.40. The fraction of sp³-hybridized carbons (Fsp3) is 0.0909. The first kappa shape index (κ1) is 19.6. The molecule has 0 atom stereocenters. The molecule has 4 rings (SSSR count). The Morgan fingerprint density at radius 1 is 1.17 bits per heavy atom. The molecule has 2 N–H and O–H groups in total. The van der Waals surface area contributed by atoms with Crippen LogP contribution in [0.25, 0.3) is 5.69 Å². The molecule has 0 amide bonds. The Morgan fingerprint density at radius 3 is 2.33 bits per heavy atom. The number of anilines is 1. The molecule has 0 saturated carbocycles. The van der Waals surface area contributed by atoms with Gasteiger partial charge in [-0.15, -0.1) is 0 Å². The van der Waals surface area contributed by atoms with Gasteiger partial charge in [-0.25, -0.2) is 4.79 Å². The monoisotopic (exact) mass is 463 g/mol. The second-order valence-corrected chi connectivity index (χ2v) is 7.61. The minimum absolute atomic E-state index is 0.0569. The topological polar surface area (TPSA) is 115 Å². The molecule has 1 heterocycles. The molecule has 2 aromatic carbocycles. The van der Waals surface area contributed by atoms with E-state index in [0.717, 1.165) is 0 Å². The Labute approximate surface area is 179 Å². The van der Waals surface area contributed by atoms with E-state index in [0.29, 0.717) is 21.3 Å². The average Bonchev–Trinajstić information content (AvgIpc) is 3.06. The predicted octanol–water partition coefficient (Wildman–Crippen LogP) is 3.56. The number of carbonyl (C=O) groups excluding carboxylic acids is 3. The van der Waals surface area contributed by atoms with Crippen molar-refractivity contribution in [3.05, 3.63) is 80.1 Å². The molecule has 0 spiro atoms. The number of hydrogen-bond donors (Lipinski definition) is 1. The van der Waals surface area contributed by atoms with Crippen molar-refractivity contribution in [2.45, 2.75) is 6.92 Å². The van der Waals surface area contributed by atoms with Crippen molar-refractivity contribution in [1.29, 1.82) is 5.26 Å². The van der Waals surface area contributed by atoms with Gasteiger partial charge in [-0.1, -0.05) is 24.3 Å². The van der Waals surface area contributed by atoms with Crippen LogP contribution in [0.1, 0.15) is 53.5 Å². The third-order valence-electron chi connectivity index (χ3n) is 5.10. The number of hydrogen-bond acceptors (Lipinski definition) is 6. The summed E-state index contributed by atoms with van der Waals surface area (Å²) in [6, 6.07) is 10.2. The number of benzene rings is 2. The summed E-state index contributed by atoms with van der Waals surface area (Å²) in [7, 11) is 1.19. The molecule has 3 aromatic rings. The van der Waals surface area contributed by atoms with Gasteiger partial charge in [0.15, 0.2) is 17.3 Å². The third kappa shape index (κ3) is 2.60. The third-order valence-corrected chi connectivity index (χ3v) is 5.72. The molecule has 1 aliphatic carbocycles. The summed E-state index contributed by atoms with van der Waals surface area (Å²) in [6.45, 7) is 1.74. The van der Waals surface area contributed by atoms with Gasteiger partial charge in [-0.2, -0.15) is 5.26 Å². The maximum absolute atomic E-state index is 13.5. The predicted molar refractivity (Wildman–Crippen MR) is 112 cm³/mol. The number of fused-ring (bicyclic) bond motifs is 2. The molecule has 30 heavy (non-hydrogen) atoms. The van der Waals surface area contributed by atoms with Crippen molar-refractivity contribution in [2.24, 2.45) is 0 Å². The molecule has 1 aromatic heterocycles. The van der Waals surface area contributed by atoms with Gasteiger partial charge in [0.05, 0.1) is 35.2 Å². The largest absolute Gasteiger partial charge is 0.464 e. The highest BCUT2D eigenvalue weighted by atomic mass is 79.9. The van der Waals surface area contributed by atoms with E-state index < -0.39 is 5.97 Å². The second kappa shape index (κ2) is 6.97. The van der Waals surface area contributed by atoms with Crippen molar-refractivity contribution in [1.82, 2.24) is 4.57 Å². The van der Waals surface area contributed by atoms with Crippen LogP contribution in [0.5, 0.6) is 0 Å². The summed E-state index contributed by atoms with van der Waals surface area (Å²) in [4.78, 5) is 39.1. The van der Waals surface area contributed by atoms with Crippen molar-refractivity contribution in [3.8, 4) is 11.8 Å². The minimum Gasteiger partial charge on any atom is -0.464 e. The molecule has 0 radical (unpaired) electrons. The van der Waals surface area contributed by atoms with Crippen LogP contribution < -0.4 is 5.73 Å². The lowest BCUT2D eigenvalue weighted by molar-refractivity contribution is 0.0592. The van der Waals surface area contributed by atoms with E-state index in [2.05, 4.69) is 15.9 Å². The van der Waals surface area contributed by atoms with E-state index in [1.165, 1.54) is 17.9 Å². The van der Waals surface area contributed by atoms with Crippen LogP contribution in [0.3, 0.4) is 0 Å². The van der Waals surface area contributed by atoms with Gasteiger partial charge in [0.1, 0.15) is 6.07 Å². The standard InChI is InChI=1S/C22H14BrN3O4/c1-10-7-14(23)15-16(21(28)13-6-4-3-5-12(13)20(15)27)18(10)26-9-11(8-24)17(25)19(26)22(29)30-2/h3-7,9H,25H2,1-2H3. The minimum atomic E-state index is -0.764. The van der Waals surface area contributed by atoms with Crippen LogP contribution in [0.4, 0.5) is 5.69 Å². The van der Waals surface area contributed by atoms with E-state index in [1.54, 1.807) is 37.3 Å². The molecule has 1 aliphatic rings. The zero-order valence-corrected chi connectivity index (χ0v) is 17.5. The smallest absolute Gasteiger partial charge is 0.357 e. The summed E-state index contributed by atoms with van der Waals surface area (Å²) in [6.07, 6.45) is 1.37. The van der Waals surface area contributed by atoms with Crippen LogP contribution in [-0.2, 0) is 4.74 Å². The molecule has 0 fully saturated rings. The SMILES string of the molecule is COC(=O)c1c(N)c(C#N)cn1-c1c(C)cc(Br)c2c1C(=O)c1ccccc1C2=O. The van der Waals surface area contributed by atoms with E-state index in [9.17, 15) is 19.6 Å². The van der Waals surface area contributed by atoms with Gasteiger partial charge >= 0.3 is 5.97 Å². The fourth-order valence-corrected chi connectivity index (χ4v) is 4.48. The molecule has 0 saturated heterocycles. The number of methoxy groups -OCH3 is 1. The maximum Gasteiger partial charge on any atom is 0.357 e. The van der Waals surface area contributed by atoms with Gasteiger partial charge in [0.25, 0.3) is 0 Å². The van der Waals surface area contributed by atoms with Crippen molar-refractivity contribution >= 4 is 39.2 Å². The number of rotatable bonds is 2. The van der Waals surface area contributed by atoms with Crippen LogP contribution >= 0.6 is 15.9 Å². The van der Waals surface area contributed by atoms with Crippen LogP contribution in [0, 0.1) is 18.3 Å². The number of esters is 1. The highest BCUT2D eigenvalue weighted by Gasteiger charge is 2.36. The van der Waals surface area contributed by atoms with Crippen molar-refractivity contribution in [2.75, 3.05) is 12.8 Å². The van der Waals surface area contributed by atoms with E-state index in [4.69, 9.17) is 10.5 Å². The van der Waals surface area contributed by atoms with Gasteiger partial charge in [-0.3, -0.25) is 9.59 Å². The number of aromatic nitrogens is 1. The van der Waals surface area contributed by atoms with Crippen LogP contribution in [-0.4, -0.2) is 29.2 Å². The Kier molecular flexibility index (Phi) is 4.56. The number of aryl methyl sites for hydroxylation is 1. The highest BCUT2D eigenvalue weighted by Crippen LogP contribution is 2.39. The van der Waals surface area contributed by atoms with Gasteiger partial charge in [0, 0.05) is 21.8 Å². The fourth-order valence-electron chi connectivity index (χ4n) is 3.76. The average molecular weight is 464 g/mol. The second-order valence-electron chi connectivity index (χ2n) is 6.76. The lowest BCUT2D eigenvalue weighted by atomic mass is 9.82. The number of nitriles is 1. The van der Waals surface area contributed by atoms with Crippen LogP contribution in [0.2, 0.25) is 0 Å². The number of ether oxygens (including phenoxy) is 1. The number of nitrogens with two attached hydrogens (primary N) is 1. The normalized spacial score (nSPS) is 12.2. The van der Waals surface area contributed by atoms with Crippen molar-refractivity contribution < 1.29 is 19.1 Å². The molecule has 0 unspecified atom stereocenters. The molecule has 7 nitrogen and oxygen atoms in total. The number of nitrogens with zero attached hydrogens (tertiary/aromatic N) is 2. The quantitative estimate of drug-likeness (QED) is 0.454. The molecule has 0 bridgehead atoms. The number of nitrogen functional groups attached to an aromatic ring is 1. The molecule has 0 aliphatic heterocycles. The van der Waals surface area contributed by atoms with Crippen molar-refractivity contribution in [3.63, 3.8) is 0 Å². The van der Waals surface area contributed by atoms with E-state index >= 15 is 0 Å². The molecular formula is C22H14BrN3O4. The number of carbonyl (C=O) groups is 3. The van der Waals surface area contributed by atoms with Gasteiger partial charge in [-0.05, 0) is 34.5 Å². The lowest BCUT2D eigenvalue weighted by Crippen LogP contribution is -2.25. The maximum atomic E-state index is 13.5. The Balaban J connectivity index is 2.14. The van der Waals surface area contributed by atoms with E-state index in [-0.39, 0.29) is 45.2 Å². The molecule has 148 valence electrons. The van der Waals surface area contributed by atoms with E-state index in [1.807, 2.05) is 6.07 Å². The van der Waals surface area contributed by atoms with Gasteiger partial charge in [0.2, 0.25) is 0 Å². The highest BCUT2D eigenvalue weighted by molar-refractivity contribution is 9.10. The number of halogens is 1.